The molecule has 2 rings (SSSR count). The Bertz CT molecular complexity index is 311. The first-order chi connectivity index (χ1) is 6.27. The number of halogens is 1. The minimum absolute atomic E-state index is 0.208. The van der Waals surface area contributed by atoms with Crippen molar-refractivity contribution in [3.05, 3.63) is 47.0 Å². The smallest absolute Gasteiger partial charge is 0.113 e. The molecule has 13 heavy (non-hydrogen) atoms. The Morgan fingerprint density at radius 1 is 1.38 bits per heavy atom. The lowest BCUT2D eigenvalue weighted by Crippen LogP contribution is -2.38. The van der Waals surface area contributed by atoms with Crippen molar-refractivity contribution in [1.82, 2.24) is 0 Å². The van der Waals surface area contributed by atoms with Crippen molar-refractivity contribution in [2.45, 2.75) is 12.0 Å². The highest BCUT2D eigenvalue weighted by Gasteiger charge is 2.36. The molecule has 1 aromatic rings. The molecule has 1 aromatic carbocycles. The summed E-state index contributed by atoms with van der Waals surface area (Å²) in [6.07, 6.45) is 2.93. The third kappa shape index (κ3) is 1.45. The van der Waals surface area contributed by atoms with E-state index in [0.717, 1.165) is 17.5 Å². The number of rotatable bonds is 2. The van der Waals surface area contributed by atoms with Gasteiger partial charge in [0.15, 0.2) is 0 Å². The predicted molar refractivity (Wildman–Crippen MR) is 56.6 cm³/mol. The highest BCUT2D eigenvalue weighted by molar-refractivity contribution is 9.10. The third-order valence-corrected chi connectivity index (χ3v) is 3.02. The Kier molecular flexibility index (Phi) is 2.26. The van der Waals surface area contributed by atoms with Crippen LogP contribution in [-0.2, 0) is 10.3 Å². The van der Waals surface area contributed by atoms with Crippen molar-refractivity contribution >= 4 is 15.9 Å². The molecule has 0 amide bonds. The van der Waals surface area contributed by atoms with Crippen molar-refractivity contribution in [3.63, 3.8) is 0 Å². The van der Waals surface area contributed by atoms with E-state index < -0.39 is 0 Å². The molecule has 0 aromatic heterocycles. The lowest BCUT2D eigenvalue weighted by molar-refractivity contribution is -0.118. The van der Waals surface area contributed by atoms with Gasteiger partial charge in [-0.2, -0.15) is 0 Å². The topological polar surface area (TPSA) is 9.23 Å². The average Bonchev–Trinajstić information content (AvgIpc) is 2.07. The summed E-state index contributed by atoms with van der Waals surface area (Å²) in [6, 6.07) is 8.21. The van der Waals surface area contributed by atoms with E-state index >= 15 is 0 Å². The van der Waals surface area contributed by atoms with Crippen LogP contribution in [0.2, 0.25) is 0 Å². The molecule has 1 heterocycles. The molecule has 0 aliphatic carbocycles. The van der Waals surface area contributed by atoms with E-state index in [4.69, 9.17) is 4.74 Å². The highest BCUT2D eigenvalue weighted by Crippen LogP contribution is 2.38. The largest absolute Gasteiger partial charge is 0.366 e. The molecule has 1 saturated heterocycles. The molecule has 0 N–H and O–H groups in total. The molecule has 2 heteroatoms. The van der Waals surface area contributed by atoms with Crippen molar-refractivity contribution in [3.8, 4) is 0 Å². The van der Waals surface area contributed by atoms with Crippen LogP contribution in [0.3, 0.4) is 0 Å². The fraction of sp³-hybridized carbons (Fsp3) is 0.273. The van der Waals surface area contributed by atoms with E-state index in [-0.39, 0.29) is 5.60 Å². The summed E-state index contributed by atoms with van der Waals surface area (Å²) in [4.78, 5) is 0. The summed E-state index contributed by atoms with van der Waals surface area (Å²) >= 11 is 3.41. The van der Waals surface area contributed by atoms with Gasteiger partial charge in [0.2, 0.25) is 0 Å². The van der Waals surface area contributed by atoms with Gasteiger partial charge in [0.25, 0.3) is 0 Å². The summed E-state index contributed by atoms with van der Waals surface area (Å²) in [5.41, 5.74) is 0.984. The first kappa shape index (κ1) is 8.97. The summed E-state index contributed by atoms with van der Waals surface area (Å²) in [5.74, 6) is 0. The lowest BCUT2D eigenvalue weighted by atomic mass is 9.87. The molecule has 0 saturated carbocycles. The van der Waals surface area contributed by atoms with Gasteiger partial charge in [-0.25, -0.2) is 0 Å². The Hall–Kier alpha value is -0.600. The normalized spacial score (nSPS) is 26.5. The standard InChI is InChI=1S/C11H11BrO/c1-2-11(7-8-13-11)9-3-5-10(12)6-4-9/h2-6H,1,7-8H2. The van der Waals surface area contributed by atoms with Gasteiger partial charge in [-0.05, 0) is 17.7 Å². The van der Waals surface area contributed by atoms with Crippen LogP contribution in [0, 0.1) is 0 Å². The first-order valence-electron chi connectivity index (χ1n) is 4.30. The van der Waals surface area contributed by atoms with Gasteiger partial charge in [-0.15, -0.1) is 0 Å². The molecular formula is C11H11BrO. The van der Waals surface area contributed by atoms with Gasteiger partial charge in [0.05, 0.1) is 6.61 Å². The van der Waals surface area contributed by atoms with Crippen LogP contribution in [0.5, 0.6) is 0 Å². The van der Waals surface area contributed by atoms with Crippen molar-refractivity contribution in [2.75, 3.05) is 6.61 Å². The fourth-order valence-electron chi connectivity index (χ4n) is 1.56. The Morgan fingerprint density at radius 3 is 2.38 bits per heavy atom. The Balaban J connectivity index is 2.33. The molecule has 1 aliphatic rings. The van der Waals surface area contributed by atoms with E-state index in [2.05, 4.69) is 34.6 Å². The fourth-order valence-corrected chi connectivity index (χ4v) is 1.82. The van der Waals surface area contributed by atoms with Crippen LogP contribution in [-0.4, -0.2) is 6.61 Å². The Labute approximate surface area is 86.5 Å². The third-order valence-electron chi connectivity index (χ3n) is 2.50. The lowest BCUT2D eigenvalue weighted by Gasteiger charge is -2.39. The molecule has 1 atom stereocenters. The van der Waals surface area contributed by atoms with Crippen molar-refractivity contribution in [2.24, 2.45) is 0 Å². The molecule has 0 radical (unpaired) electrons. The summed E-state index contributed by atoms with van der Waals surface area (Å²) < 4.78 is 6.65. The van der Waals surface area contributed by atoms with Crippen LogP contribution in [0.15, 0.2) is 41.4 Å². The van der Waals surface area contributed by atoms with Gasteiger partial charge in [-0.1, -0.05) is 40.7 Å². The maximum Gasteiger partial charge on any atom is 0.113 e. The van der Waals surface area contributed by atoms with E-state index in [1.165, 1.54) is 5.56 Å². The number of hydrogen-bond acceptors (Lipinski definition) is 1. The van der Waals surface area contributed by atoms with Gasteiger partial charge < -0.3 is 4.74 Å². The molecule has 1 fully saturated rings. The van der Waals surface area contributed by atoms with E-state index in [1.807, 2.05) is 18.2 Å². The molecular weight excluding hydrogens is 228 g/mol. The second kappa shape index (κ2) is 3.28. The van der Waals surface area contributed by atoms with Gasteiger partial charge in [0, 0.05) is 10.9 Å². The maximum absolute atomic E-state index is 5.56. The zero-order valence-corrected chi connectivity index (χ0v) is 8.88. The number of hydrogen-bond donors (Lipinski definition) is 0. The zero-order valence-electron chi connectivity index (χ0n) is 7.29. The molecule has 1 unspecified atom stereocenters. The zero-order chi connectivity index (χ0) is 9.31. The van der Waals surface area contributed by atoms with Crippen molar-refractivity contribution < 1.29 is 4.74 Å². The maximum atomic E-state index is 5.56. The van der Waals surface area contributed by atoms with Crippen LogP contribution in [0.1, 0.15) is 12.0 Å². The second-order valence-electron chi connectivity index (χ2n) is 3.20. The van der Waals surface area contributed by atoms with Gasteiger partial charge >= 0.3 is 0 Å². The average molecular weight is 239 g/mol. The molecule has 0 spiro atoms. The van der Waals surface area contributed by atoms with Crippen LogP contribution < -0.4 is 0 Å². The molecule has 1 aliphatic heterocycles. The Morgan fingerprint density at radius 2 is 2.00 bits per heavy atom. The molecule has 1 nitrogen and oxygen atoms in total. The molecule has 68 valence electrons. The van der Waals surface area contributed by atoms with Crippen molar-refractivity contribution in [1.29, 1.82) is 0 Å². The second-order valence-corrected chi connectivity index (χ2v) is 4.11. The van der Waals surface area contributed by atoms with Gasteiger partial charge in [0.1, 0.15) is 5.60 Å². The molecule has 0 bridgehead atoms. The summed E-state index contributed by atoms with van der Waals surface area (Å²) in [5, 5.41) is 0. The van der Waals surface area contributed by atoms with Gasteiger partial charge in [-0.3, -0.25) is 0 Å². The van der Waals surface area contributed by atoms with E-state index in [9.17, 15) is 0 Å². The first-order valence-corrected chi connectivity index (χ1v) is 5.10. The van der Waals surface area contributed by atoms with Crippen LogP contribution in [0.4, 0.5) is 0 Å². The SMILES string of the molecule is C=CC1(c2ccc(Br)cc2)CCO1. The summed E-state index contributed by atoms with van der Waals surface area (Å²) in [7, 11) is 0. The number of benzene rings is 1. The van der Waals surface area contributed by atoms with E-state index in [0.29, 0.717) is 0 Å². The van der Waals surface area contributed by atoms with Crippen LogP contribution in [0.25, 0.3) is 0 Å². The summed E-state index contributed by atoms with van der Waals surface area (Å²) in [6.45, 7) is 4.65. The van der Waals surface area contributed by atoms with Crippen LogP contribution >= 0.6 is 15.9 Å². The minimum Gasteiger partial charge on any atom is -0.366 e. The predicted octanol–water partition coefficient (Wildman–Crippen LogP) is 3.25. The van der Waals surface area contributed by atoms with E-state index in [1.54, 1.807) is 0 Å². The minimum atomic E-state index is -0.208. The number of ether oxygens (including phenoxy) is 1. The highest BCUT2D eigenvalue weighted by atomic mass is 79.9. The monoisotopic (exact) mass is 238 g/mol. The quantitative estimate of drug-likeness (QED) is 0.720.